The zero-order valence-electron chi connectivity index (χ0n) is 16.1. The number of rotatable bonds is 6. The van der Waals surface area contributed by atoms with E-state index in [1.54, 1.807) is 23.2 Å². The monoisotopic (exact) mass is 389 g/mol. The van der Waals surface area contributed by atoms with Crippen molar-refractivity contribution in [2.45, 2.75) is 6.54 Å². The van der Waals surface area contributed by atoms with E-state index in [1.165, 1.54) is 6.08 Å². The molecule has 0 saturated carbocycles. The first-order valence-electron chi connectivity index (χ1n) is 9.62. The predicted molar refractivity (Wildman–Crippen MR) is 112 cm³/mol. The smallest absolute Gasteiger partial charge is 0.244 e. The lowest BCUT2D eigenvalue weighted by molar-refractivity contribution is -0.116. The number of nitrogens with one attached hydrogen (secondary N) is 1. The summed E-state index contributed by atoms with van der Waals surface area (Å²) >= 11 is 0. The van der Waals surface area contributed by atoms with Crippen LogP contribution in [0.1, 0.15) is 11.1 Å². The summed E-state index contributed by atoms with van der Waals surface area (Å²) in [7, 11) is 0. The van der Waals surface area contributed by atoms with Crippen molar-refractivity contribution >= 4 is 17.8 Å². The van der Waals surface area contributed by atoms with E-state index in [-0.39, 0.29) is 5.91 Å². The lowest BCUT2D eigenvalue weighted by Gasteiger charge is -2.29. The van der Waals surface area contributed by atoms with Gasteiger partial charge < -0.3 is 15.0 Å². The van der Waals surface area contributed by atoms with Crippen LogP contribution in [0.4, 0.5) is 5.82 Å². The maximum atomic E-state index is 12.3. The molecule has 3 aromatic rings. The first-order chi connectivity index (χ1) is 14.3. The van der Waals surface area contributed by atoms with Gasteiger partial charge in [0.2, 0.25) is 5.91 Å². The van der Waals surface area contributed by atoms with Crippen LogP contribution in [0.2, 0.25) is 0 Å². The maximum absolute atomic E-state index is 12.3. The molecular formula is C22H23N5O2. The van der Waals surface area contributed by atoms with Gasteiger partial charge in [0.25, 0.3) is 0 Å². The third-order valence-corrected chi connectivity index (χ3v) is 4.68. The zero-order valence-corrected chi connectivity index (χ0v) is 16.1. The fourth-order valence-electron chi connectivity index (χ4n) is 3.19. The molecule has 0 radical (unpaired) electrons. The van der Waals surface area contributed by atoms with Crippen molar-refractivity contribution in [3.05, 3.63) is 78.3 Å². The van der Waals surface area contributed by atoms with Gasteiger partial charge >= 0.3 is 0 Å². The van der Waals surface area contributed by atoms with E-state index in [0.29, 0.717) is 19.8 Å². The van der Waals surface area contributed by atoms with Gasteiger partial charge in [0.15, 0.2) is 0 Å². The highest BCUT2D eigenvalue weighted by molar-refractivity contribution is 5.91. The number of pyridine rings is 1. The van der Waals surface area contributed by atoms with Gasteiger partial charge in [0, 0.05) is 49.2 Å². The number of morpholine rings is 1. The second kappa shape index (κ2) is 9.16. The quantitative estimate of drug-likeness (QED) is 0.656. The van der Waals surface area contributed by atoms with Gasteiger partial charge in [-0.2, -0.15) is 5.10 Å². The number of aromatic nitrogens is 3. The van der Waals surface area contributed by atoms with Gasteiger partial charge in [-0.3, -0.25) is 4.79 Å². The van der Waals surface area contributed by atoms with Crippen molar-refractivity contribution in [3.8, 4) is 5.69 Å². The molecule has 29 heavy (non-hydrogen) atoms. The van der Waals surface area contributed by atoms with Crippen LogP contribution in [0.3, 0.4) is 0 Å². The van der Waals surface area contributed by atoms with E-state index in [9.17, 15) is 4.79 Å². The Kier molecular flexibility index (Phi) is 5.97. The summed E-state index contributed by atoms with van der Waals surface area (Å²) in [5, 5.41) is 7.27. The second-order valence-corrected chi connectivity index (χ2v) is 6.69. The molecule has 7 heteroatoms. The fraction of sp³-hybridized carbons (Fsp3) is 0.227. The maximum Gasteiger partial charge on any atom is 0.244 e. The molecule has 1 N–H and O–H groups in total. The second-order valence-electron chi connectivity index (χ2n) is 6.69. The Hall–Kier alpha value is -3.45. The van der Waals surface area contributed by atoms with Crippen LogP contribution >= 0.6 is 0 Å². The van der Waals surface area contributed by atoms with Gasteiger partial charge in [-0.1, -0.05) is 24.3 Å². The van der Waals surface area contributed by atoms with Crippen LogP contribution in [0, 0.1) is 0 Å². The molecule has 1 saturated heterocycles. The largest absolute Gasteiger partial charge is 0.378 e. The molecular weight excluding hydrogens is 366 g/mol. The highest BCUT2D eigenvalue weighted by Gasteiger charge is 2.15. The van der Waals surface area contributed by atoms with Crippen molar-refractivity contribution in [1.82, 2.24) is 20.1 Å². The Bertz CT molecular complexity index is 978. The number of nitrogens with zero attached hydrogens (tertiary/aromatic N) is 4. The number of para-hydroxylation sites is 1. The van der Waals surface area contributed by atoms with Crippen molar-refractivity contribution in [3.63, 3.8) is 0 Å². The Labute approximate surface area is 169 Å². The number of hydrogen-bond acceptors (Lipinski definition) is 5. The van der Waals surface area contributed by atoms with E-state index in [2.05, 4.69) is 20.3 Å². The summed E-state index contributed by atoms with van der Waals surface area (Å²) in [6.45, 7) is 3.43. The Morgan fingerprint density at radius 1 is 1.14 bits per heavy atom. The molecule has 0 spiro atoms. The molecule has 1 aliphatic heterocycles. The lowest BCUT2D eigenvalue weighted by atomic mass is 10.2. The standard InChI is InChI=1S/C22H23N5O2/c28-21(9-8-18-15-25-27(17-18)20-6-2-1-3-7-20)24-16-19-5-4-10-23-22(19)26-11-13-29-14-12-26/h1-10,15,17H,11-14,16H2,(H,24,28)/b9-8+. The van der Waals surface area contributed by atoms with E-state index in [1.807, 2.05) is 48.7 Å². The van der Waals surface area contributed by atoms with Crippen LogP contribution in [-0.2, 0) is 16.1 Å². The van der Waals surface area contributed by atoms with E-state index in [4.69, 9.17) is 4.74 Å². The normalized spacial score (nSPS) is 14.3. The van der Waals surface area contributed by atoms with Crippen molar-refractivity contribution in [2.75, 3.05) is 31.2 Å². The molecule has 0 unspecified atom stereocenters. The fourth-order valence-corrected chi connectivity index (χ4v) is 3.19. The molecule has 148 valence electrons. The summed E-state index contributed by atoms with van der Waals surface area (Å²) in [5.41, 5.74) is 2.83. The summed E-state index contributed by atoms with van der Waals surface area (Å²) < 4.78 is 7.19. The lowest BCUT2D eigenvalue weighted by Crippen LogP contribution is -2.37. The first kappa shape index (κ1) is 18.9. The summed E-state index contributed by atoms with van der Waals surface area (Å²) in [4.78, 5) is 19.0. The summed E-state index contributed by atoms with van der Waals surface area (Å²) in [6, 6.07) is 13.7. The molecule has 7 nitrogen and oxygen atoms in total. The van der Waals surface area contributed by atoms with Crippen LogP contribution in [0.15, 0.2) is 67.1 Å². The van der Waals surface area contributed by atoms with Gasteiger partial charge in [0.05, 0.1) is 25.1 Å². The number of amides is 1. The number of carbonyl (C=O) groups excluding carboxylic acids is 1. The highest BCUT2D eigenvalue weighted by atomic mass is 16.5. The molecule has 0 aliphatic carbocycles. The number of benzene rings is 1. The van der Waals surface area contributed by atoms with Crippen LogP contribution in [0.5, 0.6) is 0 Å². The zero-order chi connectivity index (χ0) is 19.9. The average molecular weight is 389 g/mol. The molecule has 1 amide bonds. The molecule has 0 atom stereocenters. The van der Waals surface area contributed by atoms with E-state index in [0.717, 1.165) is 35.7 Å². The topological polar surface area (TPSA) is 72.3 Å². The number of ether oxygens (including phenoxy) is 1. The Morgan fingerprint density at radius 2 is 1.97 bits per heavy atom. The van der Waals surface area contributed by atoms with Gasteiger partial charge in [-0.15, -0.1) is 0 Å². The third kappa shape index (κ3) is 4.89. The minimum Gasteiger partial charge on any atom is -0.378 e. The SMILES string of the molecule is O=C(/C=C/c1cnn(-c2ccccc2)c1)NCc1cccnc1N1CCOCC1. The average Bonchev–Trinajstić information content (AvgIpc) is 3.27. The first-order valence-corrected chi connectivity index (χ1v) is 9.62. The Morgan fingerprint density at radius 3 is 2.79 bits per heavy atom. The van der Waals surface area contributed by atoms with Crippen LogP contribution in [0.25, 0.3) is 11.8 Å². The van der Waals surface area contributed by atoms with Crippen LogP contribution in [-0.4, -0.2) is 47.0 Å². The van der Waals surface area contributed by atoms with E-state index < -0.39 is 0 Å². The van der Waals surface area contributed by atoms with Crippen molar-refractivity contribution in [2.24, 2.45) is 0 Å². The molecule has 4 rings (SSSR count). The van der Waals surface area contributed by atoms with Crippen molar-refractivity contribution in [1.29, 1.82) is 0 Å². The highest BCUT2D eigenvalue weighted by Crippen LogP contribution is 2.18. The molecule has 3 heterocycles. The number of anilines is 1. The van der Waals surface area contributed by atoms with Crippen molar-refractivity contribution < 1.29 is 9.53 Å². The van der Waals surface area contributed by atoms with Crippen LogP contribution < -0.4 is 10.2 Å². The Balaban J connectivity index is 1.36. The number of carbonyl (C=O) groups is 1. The predicted octanol–water partition coefficient (Wildman–Crippen LogP) is 2.43. The van der Waals surface area contributed by atoms with Gasteiger partial charge in [-0.25, -0.2) is 9.67 Å². The summed E-state index contributed by atoms with van der Waals surface area (Å²) in [6.07, 6.45) is 8.68. The minimum atomic E-state index is -0.158. The molecule has 1 fully saturated rings. The number of hydrogen-bond donors (Lipinski definition) is 1. The minimum absolute atomic E-state index is 0.158. The third-order valence-electron chi connectivity index (χ3n) is 4.68. The molecule has 1 aromatic carbocycles. The van der Waals surface area contributed by atoms with E-state index >= 15 is 0 Å². The molecule has 0 bridgehead atoms. The molecule has 2 aromatic heterocycles. The molecule has 1 aliphatic rings. The van der Waals surface area contributed by atoms with Gasteiger partial charge in [0.1, 0.15) is 5.82 Å². The van der Waals surface area contributed by atoms with Gasteiger partial charge in [-0.05, 0) is 24.3 Å². The summed E-state index contributed by atoms with van der Waals surface area (Å²) in [5.74, 6) is 0.749.